The fraction of sp³-hybridized carbons (Fsp3) is 0.455. The standard InChI is InChI=1S/C11H12BrNO2/c12-8-5-11-10(14-6-15-11)4-7(8)9-2-1-3-13-9/h4-5,9,13H,1-3,6H2/t9-/m1/s1. The summed E-state index contributed by atoms with van der Waals surface area (Å²) in [4.78, 5) is 0. The van der Waals surface area contributed by atoms with Gasteiger partial charge in [0.2, 0.25) is 6.79 Å². The molecule has 3 nitrogen and oxygen atoms in total. The van der Waals surface area contributed by atoms with Crippen molar-refractivity contribution in [3.8, 4) is 11.5 Å². The van der Waals surface area contributed by atoms with Gasteiger partial charge in [0.25, 0.3) is 0 Å². The Morgan fingerprint density at radius 1 is 1.27 bits per heavy atom. The molecule has 1 saturated heterocycles. The van der Waals surface area contributed by atoms with E-state index in [0.717, 1.165) is 22.5 Å². The first kappa shape index (κ1) is 9.48. The van der Waals surface area contributed by atoms with Crippen molar-refractivity contribution in [1.82, 2.24) is 5.32 Å². The number of hydrogen-bond donors (Lipinski definition) is 1. The third-order valence-corrected chi connectivity index (χ3v) is 3.61. The number of halogens is 1. The number of hydrogen-bond acceptors (Lipinski definition) is 3. The molecule has 1 N–H and O–H groups in total. The Morgan fingerprint density at radius 3 is 2.80 bits per heavy atom. The highest BCUT2D eigenvalue weighted by molar-refractivity contribution is 9.10. The van der Waals surface area contributed by atoms with Gasteiger partial charge in [-0.05, 0) is 37.1 Å². The van der Waals surface area contributed by atoms with Crippen LogP contribution in [0, 0.1) is 0 Å². The molecule has 1 atom stereocenters. The smallest absolute Gasteiger partial charge is 0.231 e. The molecule has 4 heteroatoms. The van der Waals surface area contributed by atoms with Gasteiger partial charge in [-0.3, -0.25) is 0 Å². The van der Waals surface area contributed by atoms with Crippen molar-refractivity contribution in [3.05, 3.63) is 22.2 Å². The fourth-order valence-electron chi connectivity index (χ4n) is 2.15. The third-order valence-electron chi connectivity index (χ3n) is 2.93. The lowest BCUT2D eigenvalue weighted by Crippen LogP contribution is -2.13. The SMILES string of the molecule is Brc1cc2c(cc1[C@H]1CCCN1)OCO2. The summed E-state index contributed by atoms with van der Waals surface area (Å²) >= 11 is 3.58. The molecule has 0 bridgehead atoms. The number of nitrogens with one attached hydrogen (secondary N) is 1. The van der Waals surface area contributed by atoms with Crippen LogP contribution in [-0.2, 0) is 0 Å². The van der Waals surface area contributed by atoms with E-state index in [2.05, 4.69) is 27.3 Å². The molecule has 0 spiro atoms. The molecule has 0 aromatic heterocycles. The maximum absolute atomic E-state index is 5.38. The zero-order chi connectivity index (χ0) is 10.3. The van der Waals surface area contributed by atoms with Crippen LogP contribution in [0.3, 0.4) is 0 Å². The molecule has 3 rings (SSSR count). The fourth-order valence-corrected chi connectivity index (χ4v) is 2.75. The molecule has 80 valence electrons. The van der Waals surface area contributed by atoms with Crippen molar-refractivity contribution in [1.29, 1.82) is 0 Å². The maximum atomic E-state index is 5.38. The Hall–Kier alpha value is -0.740. The first-order valence-electron chi connectivity index (χ1n) is 5.17. The summed E-state index contributed by atoms with van der Waals surface area (Å²) in [6.45, 7) is 1.44. The zero-order valence-corrected chi connectivity index (χ0v) is 9.84. The Balaban J connectivity index is 2.00. The van der Waals surface area contributed by atoms with Crippen LogP contribution in [0.15, 0.2) is 16.6 Å². The molecule has 1 aromatic rings. The quantitative estimate of drug-likeness (QED) is 0.850. The Labute approximate surface area is 96.9 Å². The van der Waals surface area contributed by atoms with Gasteiger partial charge in [-0.1, -0.05) is 15.9 Å². The van der Waals surface area contributed by atoms with Crippen LogP contribution in [0.5, 0.6) is 11.5 Å². The van der Waals surface area contributed by atoms with Gasteiger partial charge in [-0.2, -0.15) is 0 Å². The van der Waals surface area contributed by atoms with E-state index in [0.29, 0.717) is 12.8 Å². The molecule has 2 heterocycles. The van der Waals surface area contributed by atoms with Gasteiger partial charge in [0, 0.05) is 10.5 Å². The van der Waals surface area contributed by atoms with E-state index in [1.165, 1.54) is 18.4 Å². The van der Waals surface area contributed by atoms with Crippen LogP contribution >= 0.6 is 15.9 Å². The van der Waals surface area contributed by atoms with Crippen molar-refractivity contribution >= 4 is 15.9 Å². The number of rotatable bonds is 1. The summed E-state index contributed by atoms with van der Waals surface area (Å²) in [5.74, 6) is 1.70. The zero-order valence-electron chi connectivity index (χ0n) is 8.25. The maximum Gasteiger partial charge on any atom is 0.231 e. The van der Waals surface area contributed by atoms with Crippen LogP contribution < -0.4 is 14.8 Å². The molecule has 1 fully saturated rings. The molecule has 0 radical (unpaired) electrons. The van der Waals surface area contributed by atoms with Crippen LogP contribution in [-0.4, -0.2) is 13.3 Å². The second kappa shape index (κ2) is 3.68. The minimum Gasteiger partial charge on any atom is -0.454 e. The summed E-state index contributed by atoms with van der Waals surface area (Å²) in [6, 6.07) is 4.53. The number of benzene rings is 1. The highest BCUT2D eigenvalue weighted by atomic mass is 79.9. The first-order valence-corrected chi connectivity index (χ1v) is 5.96. The largest absolute Gasteiger partial charge is 0.454 e. The Kier molecular flexibility index (Phi) is 2.33. The van der Waals surface area contributed by atoms with Crippen molar-refractivity contribution in [2.24, 2.45) is 0 Å². The first-order chi connectivity index (χ1) is 7.34. The molecular weight excluding hydrogens is 258 g/mol. The van der Waals surface area contributed by atoms with Crippen LogP contribution in [0.4, 0.5) is 0 Å². The number of fused-ring (bicyclic) bond motifs is 1. The molecule has 0 unspecified atom stereocenters. The van der Waals surface area contributed by atoms with Gasteiger partial charge in [-0.15, -0.1) is 0 Å². The predicted octanol–water partition coefficient (Wildman–Crippen LogP) is 2.60. The van der Waals surface area contributed by atoms with Gasteiger partial charge in [-0.25, -0.2) is 0 Å². The second-order valence-corrected chi connectivity index (χ2v) is 4.73. The molecule has 15 heavy (non-hydrogen) atoms. The van der Waals surface area contributed by atoms with E-state index in [4.69, 9.17) is 9.47 Å². The topological polar surface area (TPSA) is 30.5 Å². The molecule has 2 aliphatic rings. The molecule has 0 saturated carbocycles. The summed E-state index contributed by atoms with van der Waals surface area (Å²) in [5.41, 5.74) is 1.27. The van der Waals surface area contributed by atoms with E-state index in [1.807, 2.05) is 6.07 Å². The average Bonchev–Trinajstić information content (AvgIpc) is 2.85. The lowest BCUT2D eigenvalue weighted by molar-refractivity contribution is 0.174. The van der Waals surface area contributed by atoms with Gasteiger partial charge in [0.1, 0.15) is 0 Å². The van der Waals surface area contributed by atoms with Crippen molar-refractivity contribution in [2.45, 2.75) is 18.9 Å². The van der Waals surface area contributed by atoms with Crippen molar-refractivity contribution < 1.29 is 9.47 Å². The molecule has 2 aliphatic heterocycles. The van der Waals surface area contributed by atoms with Crippen LogP contribution in [0.1, 0.15) is 24.4 Å². The van der Waals surface area contributed by atoms with E-state index >= 15 is 0 Å². The highest BCUT2D eigenvalue weighted by Crippen LogP contribution is 2.40. The number of ether oxygens (including phenoxy) is 2. The highest BCUT2D eigenvalue weighted by Gasteiger charge is 2.23. The summed E-state index contributed by atoms with van der Waals surface area (Å²) in [6.07, 6.45) is 2.43. The van der Waals surface area contributed by atoms with Crippen LogP contribution in [0.25, 0.3) is 0 Å². The summed E-state index contributed by atoms with van der Waals surface area (Å²) in [5, 5.41) is 3.48. The van der Waals surface area contributed by atoms with E-state index in [-0.39, 0.29) is 0 Å². The minimum absolute atomic E-state index is 0.337. The van der Waals surface area contributed by atoms with Crippen molar-refractivity contribution in [2.75, 3.05) is 13.3 Å². The lowest BCUT2D eigenvalue weighted by atomic mass is 10.0. The third kappa shape index (κ3) is 1.62. The van der Waals surface area contributed by atoms with E-state index in [9.17, 15) is 0 Å². The van der Waals surface area contributed by atoms with Crippen molar-refractivity contribution in [3.63, 3.8) is 0 Å². The molecule has 0 amide bonds. The monoisotopic (exact) mass is 269 g/mol. The normalized spacial score (nSPS) is 23.4. The predicted molar refractivity (Wildman–Crippen MR) is 60.2 cm³/mol. The van der Waals surface area contributed by atoms with Gasteiger partial charge in [0.05, 0.1) is 0 Å². The molecular formula is C11H12BrNO2. The summed E-state index contributed by atoms with van der Waals surface area (Å²) in [7, 11) is 0. The Morgan fingerprint density at radius 2 is 2.07 bits per heavy atom. The average molecular weight is 270 g/mol. The minimum atomic E-state index is 0.337. The van der Waals surface area contributed by atoms with E-state index < -0.39 is 0 Å². The summed E-state index contributed by atoms with van der Waals surface area (Å²) < 4.78 is 11.8. The second-order valence-electron chi connectivity index (χ2n) is 3.88. The van der Waals surface area contributed by atoms with Gasteiger partial charge < -0.3 is 14.8 Å². The van der Waals surface area contributed by atoms with Crippen LogP contribution in [0.2, 0.25) is 0 Å². The van der Waals surface area contributed by atoms with Gasteiger partial charge in [0.15, 0.2) is 11.5 Å². The molecule has 0 aliphatic carbocycles. The van der Waals surface area contributed by atoms with Gasteiger partial charge >= 0.3 is 0 Å². The van der Waals surface area contributed by atoms with E-state index in [1.54, 1.807) is 0 Å². The Bertz CT molecular complexity index is 388. The molecule has 1 aromatic carbocycles. The lowest BCUT2D eigenvalue weighted by Gasteiger charge is -2.13.